The normalized spacial score (nSPS) is 16.6. The number of aliphatic carboxylic acids is 1. The zero-order valence-corrected chi connectivity index (χ0v) is 21.5. The first-order valence-corrected chi connectivity index (χ1v) is 13.3. The van der Waals surface area contributed by atoms with Gasteiger partial charge in [0.05, 0.1) is 23.5 Å². The first-order chi connectivity index (χ1) is 18.3. The fourth-order valence-corrected chi connectivity index (χ4v) is 5.58. The number of carboxylic acids is 1. The molecular weight excluding hydrogens is 502 g/mol. The third kappa shape index (κ3) is 6.52. The summed E-state index contributed by atoms with van der Waals surface area (Å²) in [6.45, 7) is 0.274. The lowest BCUT2D eigenvalue weighted by molar-refractivity contribution is -0.136. The Labute approximate surface area is 225 Å². The molecule has 0 aliphatic carbocycles. The van der Waals surface area contributed by atoms with Crippen LogP contribution in [0.25, 0.3) is 0 Å². The zero-order valence-electron chi connectivity index (χ0n) is 20.7. The van der Waals surface area contributed by atoms with Crippen molar-refractivity contribution in [2.24, 2.45) is 5.73 Å². The summed E-state index contributed by atoms with van der Waals surface area (Å²) in [5.41, 5.74) is 7.85. The van der Waals surface area contributed by atoms with Gasteiger partial charge in [-0.3, -0.25) is 25.1 Å². The first kappa shape index (κ1) is 27.2. The van der Waals surface area contributed by atoms with Crippen molar-refractivity contribution in [3.63, 3.8) is 0 Å². The Hall–Kier alpha value is -3.86. The van der Waals surface area contributed by atoms with Crippen molar-refractivity contribution in [2.75, 3.05) is 13.1 Å². The van der Waals surface area contributed by atoms with Gasteiger partial charge in [0, 0.05) is 5.92 Å². The number of ketones is 1. The quantitative estimate of drug-likeness (QED) is 0.154. The predicted molar refractivity (Wildman–Crippen MR) is 146 cm³/mol. The Bertz CT molecular complexity index is 1240. The molecule has 10 heteroatoms. The number of nitrogens with two attached hydrogens (primary N) is 1. The van der Waals surface area contributed by atoms with Gasteiger partial charge in [0.1, 0.15) is 11.9 Å². The molecular formula is C28H31N5O4S. The van der Waals surface area contributed by atoms with Crippen LogP contribution in [0.15, 0.2) is 72.1 Å². The van der Waals surface area contributed by atoms with Gasteiger partial charge < -0.3 is 21.5 Å². The van der Waals surface area contributed by atoms with E-state index in [0.29, 0.717) is 23.4 Å². The summed E-state index contributed by atoms with van der Waals surface area (Å²) in [6, 6.07) is 18.0. The smallest absolute Gasteiger partial charge is 0.317 e. The van der Waals surface area contributed by atoms with Crippen LogP contribution in [0.2, 0.25) is 0 Å². The van der Waals surface area contributed by atoms with E-state index in [9.17, 15) is 19.5 Å². The molecule has 1 amide bonds. The van der Waals surface area contributed by atoms with Gasteiger partial charge in [-0.25, -0.2) is 0 Å². The third-order valence-corrected chi connectivity index (χ3v) is 7.58. The Morgan fingerprint density at radius 1 is 1.05 bits per heavy atom. The number of nitrogen functional groups attached to an aromatic ring is 1. The molecule has 3 atom stereocenters. The highest BCUT2D eigenvalue weighted by molar-refractivity contribution is 7.12. The van der Waals surface area contributed by atoms with Gasteiger partial charge in [0.15, 0.2) is 5.78 Å². The minimum absolute atomic E-state index is 0.119. The minimum Gasteiger partial charge on any atom is -0.480 e. The van der Waals surface area contributed by atoms with Crippen LogP contribution in [-0.4, -0.2) is 53.8 Å². The SMILES string of the molecule is N=C(N)c1cc(C(NC(=O)[C@H](NCC(=O)O)C(c2ccccc2)c2ccccc2)C(=O)[C@@H]2CCCN2)cs1. The second-order valence-corrected chi connectivity index (χ2v) is 10.1. The highest BCUT2D eigenvalue weighted by atomic mass is 32.1. The number of carbonyl (C=O) groups excluding carboxylic acids is 2. The zero-order chi connectivity index (χ0) is 27.1. The average Bonchev–Trinajstić information content (AvgIpc) is 3.63. The molecule has 2 aromatic carbocycles. The molecule has 38 heavy (non-hydrogen) atoms. The maximum atomic E-state index is 14.0. The van der Waals surface area contributed by atoms with Crippen molar-refractivity contribution >= 4 is 34.8 Å². The molecule has 9 nitrogen and oxygen atoms in total. The van der Waals surface area contributed by atoms with Crippen LogP contribution >= 0.6 is 11.3 Å². The van der Waals surface area contributed by atoms with E-state index >= 15 is 0 Å². The number of amidine groups is 1. The van der Waals surface area contributed by atoms with Crippen molar-refractivity contribution in [1.82, 2.24) is 16.0 Å². The summed E-state index contributed by atoms with van der Waals surface area (Å²) < 4.78 is 0. The lowest BCUT2D eigenvalue weighted by atomic mass is 9.84. The lowest BCUT2D eigenvalue weighted by Crippen LogP contribution is -2.52. The second-order valence-electron chi connectivity index (χ2n) is 9.20. The number of rotatable bonds is 12. The largest absolute Gasteiger partial charge is 0.480 e. The maximum absolute atomic E-state index is 14.0. The van der Waals surface area contributed by atoms with Crippen LogP contribution in [-0.2, 0) is 14.4 Å². The van der Waals surface area contributed by atoms with Gasteiger partial charge >= 0.3 is 5.97 Å². The lowest BCUT2D eigenvalue weighted by Gasteiger charge is -2.30. The van der Waals surface area contributed by atoms with Crippen LogP contribution in [0.1, 0.15) is 46.4 Å². The van der Waals surface area contributed by atoms with Gasteiger partial charge in [0.2, 0.25) is 5.91 Å². The Kier molecular flexibility index (Phi) is 9.01. The fraction of sp³-hybridized carbons (Fsp3) is 0.286. The molecule has 3 aromatic rings. The van der Waals surface area contributed by atoms with E-state index in [2.05, 4.69) is 16.0 Å². The second kappa shape index (κ2) is 12.6. The van der Waals surface area contributed by atoms with E-state index in [1.54, 1.807) is 11.4 Å². The summed E-state index contributed by atoms with van der Waals surface area (Å²) in [6.07, 6.45) is 1.51. The van der Waals surface area contributed by atoms with Crippen LogP contribution in [0, 0.1) is 5.41 Å². The third-order valence-electron chi connectivity index (χ3n) is 6.60. The molecule has 1 aromatic heterocycles. The van der Waals surface area contributed by atoms with E-state index in [4.69, 9.17) is 11.1 Å². The van der Waals surface area contributed by atoms with Gasteiger partial charge in [-0.2, -0.15) is 0 Å². The summed E-state index contributed by atoms with van der Waals surface area (Å²) >= 11 is 1.23. The highest BCUT2D eigenvalue weighted by Gasteiger charge is 2.36. The van der Waals surface area contributed by atoms with Crippen molar-refractivity contribution < 1.29 is 19.5 Å². The van der Waals surface area contributed by atoms with E-state index in [0.717, 1.165) is 17.5 Å². The van der Waals surface area contributed by atoms with Crippen LogP contribution < -0.4 is 21.7 Å². The molecule has 7 N–H and O–H groups in total. The molecule has 0 spiro atoms. The monoisotopic (exact) mass is 533 g/mol. The molecule has 0 bridgehead atoms. The molecule has 2 heterocycles. The standard InChI is InChI=1S/C28H31N5O4S/c29-27(30)21-14-19(16-38-21)24(26(36)20-12-7-13-31-20)33-28(37)25(32-15-22(34)35)23(17-8-3-1-4-9-17)18-10-5-2-6-11-18/h1-6,8-11,14,16,20,23-25,31-32H,7,12-13,15H2,(H3,29,30)(H,33,37)(H,34,35)/t20-,24?,25+/m0/s1. The molecule has 4 rings (SSSR count). The van der Waals surface area contributed by atoms with Gasteiger partial charge in [-0.1, -0.05) is 60.7 Å². The summed E-state index contributed by atoms with van der Waals surface area (Å²) in [5.74, 6) is -2.43. The number of amides is 1. The molecule has 1 fully saturated rings. The first-order valence-electron chi connectivity index (χ1n) is 12.4. The maximum Gasteiger partial charge on any atom is 0.317 e. The fourth-order valence-electron chi connectivity index (χ4n) is 4.78. The Morgan fingerprint density at radius 2 is 1.68 bits per heavy atom. The van der Waals surface area contributed by atoms with E-state index in [1.165, 1.54) is 11.3 Å². The van der Waals surface area contributed by atoms with E-state index < -0.39 is 42.5 Å². The number of Topliss-reactive ketones (excluding diaryl/α,β-unsaturated/α-hetero) is 1. The van der Waals surface area contributed by atoms with E-state index in [-0.39, 0.29) is 11.6 Å². The number of nitrogens with one attached hydrogen (secondary N) is 4. The number of hydrogen-bond acceptors (Lipinski definition) is 7. The number of benzene rings is 2. The van der Waals surface area contributed by atoms with Crippen LogP contribution in [0.3, 0.4) is 0 Å². The number of carboxylic acid groups (broad SMARTS) is 1. The molecule has 1 aliphatic heterocycles. The van der Waals surface area contributed by atoms with Gasteiger partial charge in [-0.15, -0.1) is 11.3 Å². The molecule has 0 saturated carbocycles. The van der Waals surface area contributed by atoms with Gasteiger partial charge in [0.25, 0.3) is 0 Å². The van der Waals surface area contributed by atoms with Crippen LogP contribution in [0.4, 0.5) is 0 Å². The minimum atomic E-state index is -1.10. The molecule has 198 valence electrons. The highest BCUT2D eigenvalue weighted by Crippen LogP contribution is 2.30. The number of thiophene rings is 1. The summed E-state index contributed by atoms with van der Waals surface area (Å²) in [4.78, 5) is 39.6. The van der Waals surface area contributed by atoms with Crippen LogP contribution in [0.5, 0.6) is 0 Å². The molecule has 1 aliphatic rings. The Morgan fingerprint density at radius 3 is 2.18 bits per heavy atom. The molecule has 1 saturated heterocycles. The molecule has 1 unspecified atom stereocenters. The number of carbonyl (C=O) groups is 3. The van der Waals surface area contributed by atoms with Crippen molar-refractivity contribution in [3.05, 3.63) is 93.7 Å². The van der Waals surface area contributed by atoms with Gasteiger partial charge in [-0.05, 0) is 47.5 Å². The van der Waals surface area contributed by atoms with Crippen molar-refractivity contribution in [2.45, 2.75) is 36.9 Å². The number of hydrogen-bond donors (Lipinski definition) is 6. The summed E-state index contributed by atoms with van der Waals surface area (Å²) in [5, 5.41) is 27.9. The predicted octanol–water partition coefficient (Wildman–Crippen LogP) is 2.39. The Balaban J connectivity index is 1.72. The average molecular weight is 534 g/mol. The topological polar surface area (TPSA) is 157 Å². The molecule has 0 radical (unpaired) electrons. The summed E-state index contributed by atoms with van der Waals surface area (Å²) in [7, 11) is 0. The van der Waals surface area contributed by atoms with E-state index in [1.807, 2.05) is 60.7 Å². The van der Waals surface area contributed by atoms with Crippen molar-refractivity contribution in [3.8, 4) is 0 Å². The van der Waals surface area contributed by atoms with Crippen molar-refractivity contribution in [1.29, 1.82) is 5.41 Å².